The van der Waals surface area contributed by atoms with Gasteiger partial charge in [0.25, 0.3) is 5.91 Å². The van der Waals surface area contributed by atoms with Gasteiger partial charge in [0.1, 0.15) is 11.5 Å². The monoisotopic (exact) mass is 472 g/mol. The maximum Gasteiger partial charge on any atom is 0.343 e. The van der Waals surface area contributed by atoms with Crippen molar-refractivity contribution in [2.45, 2.75) is 6.92 Å². The number of rotatable bonds is 7. The van der Waals surface area contributed by atoms with Crippen LogP contribution in [0, 0.1) is 0 Å². The van der Waals surface area contributed by atoms with E-state index in [2.05, 4.69) is 10.5 Å². The van der Waals surface area contributed by atoms with Crippen molar-refractivity contribution < 1.29 is 19.1 Å². The number of carbonyl (C=O) groups is 2. The first-order chi connectivity index (χ1) is 16.5. The van der Waals surface area contributed by atoms with Crippen LogP contribution >= 0.6 is 11.6 Å². The summed E-state index contributed by atoms with van der Waals surface area (Å²) in [7, 11) is 0. The van der Waals surface area contributed by atoms with Crippen molar-refractivity contribution in [3.63, 3.8) is 0 Å². The van der Waals surface area contributed by atoms with Crippen molar-refractivity contribution in [2.24, 2.45) is 5.10 Å². The topological polar surface area (TPSA) is 77.0 Å². The van der Waals surface area contributed by atoms with Gasteiger partial charge in [-0.25, -0.2) is 10.2 Å². The van der Waals surface area contributed by atoms with Crippen LogP contribution in [0.5, 0.6) is 11.5 Å². The van der Waals surface area contributed by atoms with Crippen molar-refractivity contribution in [3.05, 3.63) is 107 Å². The van der Waals surface area contributed by atoms with Crippen LogP contribution in [0.4, 0.5) is 0 Å². The summed E-state index contributed by atoms with van der Waals surface area (Å²) in [5.74, 6) is 0.0995. The first-order valence-corrected chi connectivity index (χ1v) is 11.0. The van der Waals surface area contributed by atoms with Gasteiger partial charge in [0.2, 0.25) is 0 Å². The van der Waals surface area contributed by atoms with E-state index in [-0.39, 0.29) is 5.91 Å². The summed E-state index contributed by atoms with van der Waals surface area (Å²) < 4.78 is 11.1. The van der Waals surface area contributed by atoms with E-state index in [1.165, 1.54) is 6.21 Å². The van der Waals surface area contributed by atoms with Crippen LogP contribution in [0.25, 0.3) is 10.8 Å². The SMILES string of the molecule is CCOc1ccc(C(=O)N/N=C/c2c(OC(=O)c3ccc(Cl)cc3)ccc3ccccc23)cc1. The Morgan fingerprint density at radius 1 is 0.912 bits per heavy atom. The molecule has 0 aromatic heterocycles. The number of benzene rings is 4. The molecule has 0 aliphatic carbocycles. The zero-order valence-electron chi connectivity index (χ0n) is 18.3. The number of nitrogens with one attached hydrogen (secondary N) is 1. The van der Waals surface area contributed by atoms with Crippen LogP contribution in [-0.4, -0.2) is 24.7 Å². The van der Waals surface area contributed by atoms with Gasteiger partial charge in [0.15, 0.2) is 0 Å². The number of ether oxygens (including phenoxy) is 2. The van der Waals surface area contributed by atoms with E-state index in [1.807, 2.05) is 37.3 Å². The van der Waals surface area contributed by atoms with Crippen LogP contribution < -0.4 is 14.9 Å². The Morgan fingerprint density at radius 2 is 1.62 bits per heavy atom. The molecule has 0 saturated carbocycles. The van der Waals surface area contributed by atoms with Gasteiger partial charge in [-0.1, -0.05) is 41.9 Å². The number of fused-ring (bicyclic) bond motifs is 1. The second kappa shape index (κ2) is 10.6. The summed E-state index contributed by atoms with van der Waals surface area (Å²) in [6, 6.07) is 24.4. The fraction of sp³-hybridized carbons (Fsp3) is 0.0741. The number of hydrogen-bond donors (Lipinski definition) is 1. The van der Waals surface area contributed by atoms with Crippen molar-refractivity contribution in [2.75, 3.05) is 6.61 Å². The number of nitrogens with zero attached hydrogens (tertiary/aromatic N) is 1. The zero-order chi connectivity index (χ0) is 23.9. The summed E-state index contributed by atoms with van der Waals surface area (Å²) in [6.45, 7) is 2.44. The van der Waals surface area contributed by atoms with Gasteiger partial charge >= 0.3 is 5.97 Å². The number of esters is 1. The number of halogens is 1. The molecule has 0 aliphatic heterocycles. The van der Waals surface area contributed by atoms with Gasteiger partial charge in [-0.05, 0) is 72.3 Å². The molecule has 7 heteroatoms. The zero-order valence-corrected chi connectivity index (χ0v) is 19.1. The molecule has 0 bridgehead atoms. The standard InChI is InChI=1S/C27H21ClN2O4/c1-2-33-22-14-9-19(10-15-22)26(31)30-29-17-24-23-6-4-3-5-18(23)11-16-25(24)34-27(32)20-7-12-21(28)13-8-20/h3-17H,2H2,1H3,(H,30,31)/b29-17+. The predicted octanol–water partition coefficient (Wildman–Crippen LogP) is 5.88. The third-order valence-corrected chi connectivity index (χ3v) is 5.25. The molecule has 4 aromatic rings. The average molecular weight is 473 g/mol. The highest BCUT2D eigenvalue weighted by molar-refractivity contribution is 6.30. The molecule has 0 radical (unpaired) electrons. The predicted molar refractivity (Wildman–Crippen MR) is 133 cm³/mol. The molecule has 4 aromatic carbocycles. The highest BCUT2D eigenvalue weighted by Crippen LogP contribution is 2.27. The molecule has 6 nitrogen and oxygen atoms in total. The highest BCUT2D eigenvalue weighted by atomic mass is 35.5. The molecule has 1 N–H and O–H groups in total. The lowest BCUT2D eigenvalue weighted by Crippen LogP contribution is -2.17. The van der Waals surface area contributed by atoms with Crippen LogP contribution in [0.15, 0.2) is 90.0 Å². The smallest absolute Gasteiger partial charge is 0.343 e. The fourth-order valence-corrected chi connectivity index (χ4v) is 3.46. The Hall–Kier alpha value is -4.16. The van der Waals surface area contributed by atoms with E-state index < -0.39 is 5.97 Å². The lowest BCUT2D eigenvalue weighted by molar-refractivity contribution is 0.0734. The number of carbonyl (C=O) groups excluding carboxylic acids is 2. The highest BCUT2D eigenvalue weighted by Gasteiger charge is 2.14. The lowest BCUT2D eigenvalue weighted by atomic mass is 10.0. The summed E-state index contributed by atoms with van der Waals surface area (Å²) in [5, 5.41) is 6.40. The maximum atomic E-state index is 12.7. The quantitative estimate of drug-likeness (QED) is 0.158. The minimum absolute atomic E-state index is 0.317. The Kier molecular flexibility index (Phi) is 7.20. The van der Waals surface area contributed by atoms with E-state index >= 15 is 0 Å². The molecule has 0 saturated heterocycles. The number of amides is 1. The number of hydrazone groups is 1. The average Bonchev–Trinajstić information content (AvgIpc) is 2.86. The largest absolute Gasteiger partial charge is 0.494 e. The fourth-order valence-electron chi connectivity index (χ4n) is 3.33. The van der Waals surface area contributed by atoms with Crippen molar-refractivity contribution in [1.82, 2.24) is 5.43 Å². The van der Waals surface area contributed by atoms with Crippen LogP contribution in [0.2, 0.25) is 5.02 Å². The summed E-state index contributed by atoms with van der Waals surface area (Å²) in [5.41, 5.74) is 3.88. The summed E-state index contributed by atoms with van der Waals surface area (Å²) in [4.78, 5) is 25.1. The molecule has 170 valence electrons. The minimum Gasteiger partial charge on any atom is -0.494 e. The second-order valence-electron chi connectivity index (χ2n) is 7.25. The normalized spacial score (nSPS) is 10.9. The van der Waals surface area contributed by atoms with E-state index in [0.29, 0.717) is 39.8 Å². The van der Waals surface area contributed by atoms with Crippen molar-refractivity contribution >= 4 is 40.5 Å². The first-order valence-electron chi connectivity index (χ1n) is 10.6. The molecule has 0 aliphatic rings. The van der Waals surface area contributed by atoms with Gasteiger partial charge in [-0.3, -0.25) is 4.79 Å². The van der Waals surface area contributed by atoms with E-state index in [1.54, 1.807) is 54.6 Å². The van der Waals surface area contributed by atoms with Gasteiger partial charge in [-0.15, -0.1) is 0 Å². The van der Waals surface area contributed by atoms with Gasteiger partial charge in [0.05, 0.1) is 18.4 Å². The lowest BCUT2D eigenvalue weighted by Gasteiger charge is -2.11. The van der Waals surface area contributed by atoms with E-state index in [0.717, 1.165) is 10.8 Å². The molecular weight excluding hydrogens is 452 g/mol. The molecule has 0 fully saturated rings. The minimum atomic E-state index is -0.528. The first kappa shape index (κ1) is 23.0. The molecule has 0 atom stereocenters. The second-order valence-corrected chi connectivity index (χ2v) is 7.69. The van der Waals surface area contributed by atoms with Gasteiger partial charge < -0.3 is 9.47 Å². The molecule has 0 unspecified atom stereocenters. The molecule has 1 amide bonds. The maximum absolute atomic E-state index is 12.7. The summed E-state index contributed by atoms with van der Waals surface area (Å²) >= 11 is 5.91. The number of hydrogen-bond acceptors (Lipinski definition) is 5. The Bertz CT molecular complexity index is 1350. The van der Waals surface area contributed by atoms with Gasteiger partial charge in [0, 0.05) is 16.1 Å². The molecular formula is C27H21ClN2O4. The summed E-state index contributed by atoms with van der Waals surface area (Å²) in [6.07, 6.45) is 1.47. The third kappa shape index (κ3) is 5.42. The Morgan fingerprint density at radius 3 is 2.35 bits per heavy atom. The Labute approximate surface area is 201 Å². The molecule has 34 heavy (non-hydrogen) atoms. The van der Waals surface area contributed by atoms with E-state index in [4.69, 9.17) is 21.1 Å². The molecule has 0 heterocycles. The van der Waals surface area contributed by atoms with Crippen molar-refractivity contribution in [1.29, 1.82) is 0 Å². The van der Waals surface area contributed by atoms with E-state index in [9.17, 15) is 9.59 Å². The van der Waals surface area contributed by atoms with Crippen molar-refractivity contribution in [3.8, 4) is 11.5 Å². The van der Waals surface area contributed by atoms with Crippen LogP contribution in [-0.2, 0) is 0 Å². The van der Waals surface area contributed by atoms with Crippen LogP contribution in [0.3, 0.4) is 0 Å². The Balaban J connectivity index is 1.57. The van der Waals surface area contributed by atoms with Gasteiger partial charge in [-0.2, -0.15) is 5.10 Å². The third-order valence-electron chi connectivity index (χ3n) is 5.00. The molecule has 4 rings (SSSR count). The molecule has 0 spiro atoms. The van der Waals surface area contributed by atoms with Crippen LogP contribution in [0.1, 0.15) is 33.2 Å².